The number of hydrogen-bond acceptors (Lipinski definition) is 4. The van der Waals surface area contributed by atoms with Gasteiger partial charge >= 0.3 is 0 Å². The molecule has 0 atom stereocenters. The fourth-order valence-corrected chi connectivity index (χ4v) is 1.93. The van der Waals surface area contributed by atoms with Crippen molar-refractivity contribution in [2.75, 3.05) is 11.9 Å². The predicted octanol–water partition coefficient (Wildman–Crippen LogP) is 3.11. The van der Waals surface area contributed by atoms with Crippen LogP contribution >= 0.6 is 12.2 Å². The zero-order chi connectivity index (χ0) is 15.8. The monoisotopic (exact) mass is 315 g/mol. The van der Waals surface area contributed by atoms with Crippen molar-refractivity contribution in [1.29, 1.82) is 0 Å². The summed E-state index contributed by atoms with van der Waals surface area (Å²) < 4.78 is 5.31. The highest BCUT2D eigenvalue weighted by atomic mass is 32.1. The van der Waals surface area contributed by atoms with Gasteiger partial charge in [0, 0.05) is 11.3 Å². The van der Waals surface area contributed by atoms with Gasteiger partial charge in [0.15, 0.2) is 16.6 Å². The van der Waals surface area contributed by atoms with Crippen LogP contribution < -0.4 is 15.5 Å². The summed E-state index contributed by atoms with van der Waals surface area (Å²) in [5.41, 5.74) is 4.11. The molecule has 0 saturated heterocycles. The zero-order valence-corrected chi connectivity index (χ0v) is 12.9. The van der Waals surface area contributed by atoms with E-state index in [2.05, 4.69) is 15.8 Å². The van der Waals surface area contributed by atoms with Crippen LogP contribution in [0.25, 0.3) is 0 Å². The molecule has 0 aliphatic carbocycles. The quantitative estimate of drug-likeness (QED) is 0.449. The fraction of sp³-hybridized carbons (Fsp3) is 0.125. The lowest BCUT2D eigenvalue weighted by Crippen LogP contribution is -2.23. The Bertz CT molecular complexity index is 660. The number of hydrogen-bond donors (Lipinski definition) is 3. The molecule has 22 heavy (non-hydrogen) atoms. The van der Waals surface area contributed by atoms with Crippen LogP contribution in [0.2, 0.25) is 0 Å². The second-order valence-electron chi connectivity index (χ2n) is 4.32. The van der Waals surface area contributed by atoms with E-state index in [1.165, 1.54) is 6.21 Å². The Hall–Kier alpha value is -2.60. The molecule has 0 radical (unpaired) electrons. The molecule has 2 aromatic carbocycles. The Morgan fingerprint density at radius 2 is 2.00 bits per heavy atom. The first kappa shape index (κ1) is 15.8. The Labute approximate surface area is 134 Å². The molecule has 2 aromatic rings. The maximum absolute atomic E-state index is 10.0. The molecule has 6 heteroatoms. The summed E-state index contributed by atoms with van der Waals surface area (Å²) in [7, 11) is 0. The Morgan fingerprint density at radius 3 is 2.73 bits per heavy atom. The second-order valence-corrected chi connectivity index (χ2v) is 4.73. The average Bonchev–Trinajstić information content (AvgIpc) is 2.52. The van der Waals surface area contributed by atoms with Gasteiger partial charge in [0.25, 0.3) is 0 Å². The lowest BCUT2D eigenvalue weighted by Gasteiger charge is -2.08. The smallest absolute Gasteiger partial charge is 0.191 e. The molecule has 0 saturated carbocycles. The first-order valence-electron chi connectivity index (χ1n) is 6.80. The van der Waals surface area contributed by atoms with Gasteiger partial charge in [-0.25, -0.2) is 0 Å². The molecule has 0 fully saturated rings. The van der Waals surface area contributed by atoms with Crippen LogP contribution in [0, 0.1) is 0 Å². The normalized spacial score (nSPS) is 10.4. The first-order chi connectivity index (χ1) is 10.7. The van der Waals surface area contributed by atoms with Gasteiger partial charge in [-0.2, -0.15) is 5.10 Å². The van der Waals surface area contributed by atoms with E-state index in [1.807, 2.05) is 37.3 Å². The third-order valence-electron chi connectivity index (χ3n) is 2.73. The van der Waals surface area contributed by atoms with E-state index >= 15 is 0 Å². The standard InChI is InChI=1S/C16H17N3O2S/c1-2-21-14-10-6-7-12(15(14)20)11-17-19-16(22)18-13-8-4-3-5-9-13/h3-11,20H,2H2,1H3,(H2,18,19,22)/b17-11-. The molecule has 0 amide bonds. The van der Waals surface area contributed by atoms with Gasteiger partial charge in [0.1, 0.15) is 0 Å². The van der Waals surface area contributed by atoms with Crippen LogP contribution in [0.1, 0.15) is 12.5 Å². The van der Waals surface area contributed by atoms with Crippen molar-refractivity contribution in [2.24, 2.45) is 5.10 Å². The number of nitrogens with zero attached hydrogens (tertiary/aromatic N) is 1. The van der Waals surface area contributed by atoms with Crippen molar-refractivity contribution in [3.05, 3.63) is 54.1 Å². The van der Waals surface area contributed by atoms with E-state index in [1.54, 1.807) is 18.2 Å². The van der Waals surface area contributed by atoms with Crippen molar-refractivity contribution >= 4 is 29.2 Å². The number of para-hydroxylation sites is 2. The minimum absolute atomic E-state index is 0.0526. The van der Waals surface area contributed by atoms with Crippen LogP contribution in [0.3, 0.4) is 0 Å². The molecule has 2 rings (SSSR count). The topological polar surface area (TPSA) is 65.9 Å². The molecular formula is C16H17N3O2S. The fourth-order valence-electron chi connectivity index (χ4n) is 1.76. The largest absolute Gasteiger partial charge is 0.504 e. The molecule has 0 heterocycles. The summed E-state index contributed by atoms with van der Waals surface area (Å²) in [6.45, 7) is 2.34. The molecule has 0 spiro atoms. The van der Waals surface area contributed by atoms with Gasteiger partial charge < -0.3 is 15.2 Å². The maximum atomic E-state index is 10.0. The summed E-state index contributed by atoms with van der Waals surface area (Å²) in [6.07, 6.45) is 1.48. The van der Waals surface area contributed by atoms with Gasteiger partial charge in [0.05, 0.1) is 12.8 Å². The van der Waals surface area contributed by atoms with Crippen molar-refractivity contribution < 1.29 is 9.84 Å². The summed E-state index contributed by atoms with van der Waals surface area (Å²) in [4.78, 5) is 0. The minimum atomic E-state index is 0.0526. The summed E-state index contributed by atoms with van der Waals surface area (Å²) in [6, 6.07) is 14.8. The minimum Gasteiger partial charge on any atom is -0.504 e. The Morgan fingerprint density at radius 1 is 1.23 bits per heavy atom. The third-order valence-corrected chi connectivity index (χ3v) is 2.92. The third kappa shape index (κ3) is 4.46. The van der Waals surface area contributed by atoms with Crippen molar-refractivity contribution in [3.63, 3.8) is 0 Å². The van der Waals surface area contributed by atoms with Crippen LogP contribution in [-0.2, 0) is 0 Å². The van der Waals surface area contributed by atoms with Crippen molar-refractivity contribution in [1.82, 2.24) is 5.43 Å². The lowest BCUT2D eigenvalue weighted by molar-refractivity contribution is 0.318. The molecule has 5 nitrogen and oxygen atoms in total. The highest BCUT2D eigenvalue weighted by Crippen LogP contribution is 2.28. The maximum Gasteiger partial charge on any atom is 0.191 e. The number of thiocarbonyl (C=S) groups is 1. The SMILES string of the molecule is CCOc1cccc(/C=N\NC(=S)Nc2ccccc2)c1O. The van der Waals surface area contributed by atoms with E-state index in [4.69, 9.17) is 17.0 Å². The number of nitrogens with one attached hydrogen (secondary N) is 2. The molecule has 3 N–H and O–H groups in total. The van der Waals surface area contributed by atoms with Crippen LogP contribution in [0.15, 0.2) is 53.6 Å². The number of phenolic OH excluding ortho intramolecular Hbond substituents is 1. The lowest BCUT2D eigenvalue weighted by atomic mass is 10.2. The molecule has 0 aromatic heterocycles. The number of aromatic hydroxyl groups is 1. The number of hydrazone groups is 1. The number of anilines is 1. The highest BCUT2D eigenvalue weighted by molar-refractivity contribution is 7.80. The number of ether oxygens (including phenoxy) is 1. The van der Waals surface area contributed by atoms with E-state index < -0.39 is 0 Å². The van der Waals surface area contributed by atoms with Crippen LogP contribution in [0.5, 0.6) is 11.5 Å². The number of rotatable bonds is 5. The van der Waals surface area contributed by atoms with E-state index in [0.29, 0.717) is 23.0 Å². The average molecular weight is 315 g/mol. The number of benzene rings is 2. The summed E-state index contributed by atoms with van der Waals surface area (Å²) >= 11 is 5.13. The van der Waals surface area contributed by atoms with Gasteiger partial charge in [-0.05, 0) is 43.4 Å². The molecule has 0 aliphatic heterocycles. The van der Waals surface area contributed by atoms with Crippen LogP contribution in [-0.4, -0.2) is 23.0 Å². The van der Waals surface area contributed by atoms with E-state index in [-0.39, 0.29) is 5.75 Å². The van der Waals surface area contributed by atoms with Gasteiger partial charge in [-0.15, -0.1) is 0 Å². The van der Waals surface area contributed by atoms with E-state index in [9.17, 15) is 5.11 Å². The molecule has 114 valence electrons. The molecule has 0 unspecified atom stereocenters. The summed E-state index contributed by atoms with van der Waals surface area (Å²) in [5.74, 6) is 0.480. The Kier molecular flexibility index (Phi) is 5.73. The van der Waals surface area contributed by atoms with Crippen molar-refractivity contribution in [2.45, 2.75) is 6.92 Å². The molecule has 0 aliphatic rings. The molecular weight excluding hydrogens is 298 g/mol. The molecule has 0 bridgehead atoms. The second kappa shape index (κ2) is 7.99. The first-order valence-corrected chi connectivity index (χ1v) is 7.21. The number of phenols is 1. The summed E-state index contributed by atoms with van der Waals surface area (Å²) in [5, 5.41) is 17.4. The highest BCUT2D eigenvalue weighted by Gasteiger charge is 2.05. The van der Waals surface area contributed by atoms with E-state index in [0.717, 1.165) is 5.69 Å². The predicted molar refractivity (Wildman–Crippen MR) is 92.7 cm³/mol. The van der Waals surface area contributed by atoms with Crippen molar-refractivity contribution in [3.8, 4) is 11.5 Å². The van der Waals surface area contributed by atoms with Gasteiger partial charge in [-0.1, -0.05) is 24.3 Å². The van der Waals surface area contributed by atoms with Gasteiger partial charge in [0.2, 0.25) is 0 Å². The zero-order valence-electron chi connectivity index (χ0n) is 12.1. The van der Waals surface area contributed by atoms with Gasteiger partial charge in [-0.3, -0.25) is 5.43 Å². The van der Waals surface area contributed by atoms with Crippen LogP contribution in [0.4, 0.5) is 5.69 Å². The Balaban J connectivity index is 1.95.